The molecule has 2 aromatic rings. The fourth-order valence-electron chi connectivity index (χ4n) is 2.13. The standard InChI is InChI=1S/C13H18N4O2/c1-3-15(4-2)7-8-16-10-14-12-9-11(17(18)19)5-6-13(12)16/h5-6,9-10H,3-4,7-8H2,1-2H3. The van der Waals surface area contributed by atoms with Gasteiger partial charge in [-0.15, -0.1) is 0 Å². The summed E-state index contributed by atoms with van der Waals surface area (Å²) in [5.74, 6) is 0. The highest BCUT2D eigenvalue weighted by Gasteiger charge is 2.10. The maximum absolute atomic E-state index is 10.7. The van der Waals surface area contributed by atoms with Crippen molar-refractivity contribution in [2.24, 2.45) is 0 Å². The number of nitro benzene ring substituents is 1. The third-order valence-electron chi connectivity index (χ3n) is 3.37. The molecule has 0 N–H and O–H groups in total. The van der Waals surface area contributed by atoms with E-state index < -0.39 is 4.92 Å². The first-order valence-electron chi connectivity index (χ1n) is 6.47. The number of non-ortho nitro benzene ring substituents is 1. The molecule has 0 saturated heterocycles. The second-order valence-electron chi connectivity index (χ2n) is 4.39. The quantitative estimate of drug-likeness (QED) is 0.592. The lowest BCUT2D eigenvalue weighted by Gasteiger charge is -2.18. The number of imidazole rings is 1. The minimum Gasteiger partial charge on any atom is -0.329 e. The summed E-state index contributed by atoms with van der Waals surface area (Å²) in [5, 5.41) is 10.7. The molecule has 1 heterocycles. The number of rotatable bonds is 6. The lowest BCUT2D eigenvalue weighted by molar-refractivity contribution is -0.384. The van der Waals surface area contributed by atoms with Gasteiger partial charge in [0.25, 0.3) is 5.69 Å². The van der Waals surface area contributed by atoms with E-state index in [9.17, 15) is 10.1 Å². The summed E-state index contributed by atoms with van der Waals surface area (Å²) >= 11 is 0. The Bertz CT molecular complexity index is 575. The molecule has 0 spiro atoms. The van der Waals surface area contributed by atoms with Gasteiger partial charge in [-0.25, -0.2) is 4.98 Å². The van der Waals surface area contributed by atoms with Gasteiger partial charge < -0.3 is 9.47 Å². The lowest BCUT2D eigenvalue weighted by atomic mass is 10.3. The minimum atomic E-state index is -0.394. The number of nitrogens with zero attached hydrogens (tertiary/aromatic N) is 4. The van der Waals surface area contributed by atoms with E-state index in [2.05, 4.69) is 23.7 Å². The fraction of sp³-hybridized carbons (Fsp3) is 0.462. The molecule has 0 saturated carbocycles. The van der Waals surface area contributed by atoms with Crippen LogP contribution < -0.4 is 0 Å². The van der Waals surface area contributed by atoms with Crippen LogP contribution in [-0.2, 0) is 6.54 Å². The smallest absolute Gasteiger partial charge is 0.271 e. The molecule has 6 nitrogen and oxygen atoms in total. The highest BCUT2D eigenvalue weighted by Crippen LogP contribution is 2.19. The zero-order valence-corrected chi connectivity index (χ0v) is 11.2. The molecule has 1 aromatic heterocycles. The molecule has 2 rings (SSSR count). The van der Waals surface area contributed by atoms with Crippen LogP contribution in [0.4, 0.5) is 5.69 Å². The number of hydrogen-bond acceptors (Lipinski definition) is 4. The summed E-state index contributed by atoms with van der Waals surface area (Å²) in [6.45, 7) is 8.12. The van der Waals surface area contributed by atoms with Gasteiger partial charge in [0.1, 0.15) is 0 Å². The van der Waals surface area contributed by atoms with Crippen LogP contribution in [0.1, 0.15) is 13.8 Å². The van der Waals surface area contributed by atoms with E-state index >= 15 is 0 Å². The fourth-order valence-corrected chi connectivity index (χ4v) is 2.13. The maximum atomic E-state index is 10.7. The van der Waals surface area contributed by atoms with E-state index in [-0.39, 0.29) is 5.69 Å². The molecular weight excluding hydrogens is 244 g/mol. The number of benzene rings is 1. The van der Waals surface area contributed by atoms with Gasteiger partial charge in [0.05, 0.1) is 22.3 Å². The number of nitro groups is 1. The van der Waals surface area contributed by atoms with Crippen molar-refractivity contribution in [1.82, 2.24) is 14.5 Å². The summed E-state index contributed by atoms with van der Waals surface area (Å²) in [6, 6.07) is 4.81. The van der Waals surface area contributed by atoms with E-state index in [4.69, 9.17) is 0 Å². The van der Waals surface area contributed by atoms with E-state index in [0.29, 0.717) is 5.52 Å². The Morgan fingerprint density at radius 3 is 2.74 bits per heavy atom. The van der Waals surface area contributed by atoms with E-state index in [1.807, 2.05) is 4.57 Å². The molecule has 0 aliphatic carbocycles. The first kappa shape index (κ1) is 13.5. The van der Waals surface area contributed by atoms with Crippen LogP contribution in [0.15, 0.2) is 24.5 Å². The highest BCUT2D eigenvalue weighted by atomic mass is 16.6. The Hall–Kier alpha value is -1.95. The van der Waals surface area contributed by atoms with Gasteiger partial charge in [0.2, 0.25) is 0 Å². The van der Waals surface area contributed by atoms with Crippen molar-refractivity contribution < 1.29 is 4.92 Å². The second-order valence-corrected chi connectivity index (χ2v) is 4.39. The monoisotopic (exact) mass is 262 g/mol. The number of fused-ring (bicyclic) bond motifs is 1. The van der Waals surface area contributed by atoms with Crippen molar-refractivity contribution in [2.45, 2.75) is 20.4 Å². The molecule has 0 aliphatic rings. The predicted octanol–water partition coefficient (Wildman–Crippen LogP) is 2.29. The largest absolute Gasteiger partial charge is 0.329 e. The van der Waals surface area contributed by atoms with E-state index in [0.717, 1.165) is 31.7 Å². The summed E-state index contributed by atoms with van der Waals surface area (Å²) in [4.78, 5) is 16.9. The molecule has 1 aromatic carbocycles. The van der Waals surface area contributed by atoms with Gasteiger partial charge in [-0.1, -0.05) is 13.8 Å². The van der Waals surface area contributed by atoms with Gasteiger partial charge in [0, 0.05) is 25.2 Å². The Morgan fingerprint density at radius 2 is 2.11 bits per heavy atom. The molecule has 0 fully saturated rings. The number of likely N-dealkylation sites (N-methyl/N-ethyl adjacent to an activating group) is 1. The lowest BCUT2D eigenvalue weighted by Crippen LogP contribution is -2.26. The molecular formula is C13H18N4O2. The molecule has 6 heteroatoms. The molecule has 102 valence electrons. The third kappa shape index (κ3) is 2.90. The molecule has 19 heavy (non-hydrogen) atoms. The zero-order valence-electron chi connectivity index (χ0n) is 11.2. The second kappa shape index (κ2) is 5.79. The summed E-state index contributed by atoms with van der Waals surface area (Å²) in [6.07, 6.45) is 1.75. The van der Waals surface area contributed by atoms with Crippen LogP contribution in [0.3, 0.4) is 0 Å². The highest BCUT2D eigenvalue weighted by molar-refractivity contribution is 5.77. The van der Waals surface area contributed by atoms with Crippen LogP contribution in [0, 0.1) is 10.1 Å². The first-order chi connectivity index (χ1) is 9.15. The topological polar surface area (TPSA) is 64.2 Å². The Balaban J connectivity index is 2.19. The van der Waals surface area contributed by atoms with Gasteiger partial charge >= 0.3 is 0 Å². The minimum absolute atomic E-state index is 0.0847. The Kier molecular flexibility index (Phi) is 4.11. The first-order valence-corrected chi connectivity index (χ1v) is 6.47. The Labute approximate surface area is 111 Å². The molecule has 0 unspecified atom stereocenters. The van der Waals surface area contributed by atoms with Crippen molar-refractivity contribution in [3.63, 3.8) is 0 Å². The van der Waals surface area contributed by atoms with Crippen LogP contribution in [0.2, 0.25) is 0 Å². The maximum Gasteiger partial charge on any atom is 0.271 e. The van der Waals surface area contributed by atoms with Crippen molar-refractivity contribution in [2.75, 3.05) is 19.6 Å². The van der Waals surface area contributed by atoms with E-state index in [1.54, 1.807) is 12.4 Å². The van der Waals surface area contributed by atoms with E-state index in [1.165, 1.54) is 12.1 Å². The summed E-state index contributed by atoms with van der Waals surface area (Å²) in [5.41, 5.74) is 1.70. The van der Waals surface area contributed by atoms with Gasteiger partial charge in [-0.05, 0) is 19.2 Å². The van der Waals surface area contributed by atoms with Crippen molar-refractivity contribution in [1.29, 1.82) is 0 Å². The number of aromatic nitrogens is 2. The molecule has 0 atom stereocenters. The SMILES string of the molecule is CCN(CC)CCn1cnc2cc([N+](=O)[O-])ccc21. The predicted molar refractivity (Wildman–Crippen MR) is 74.2 cm³/mol. The van der Waals surface area contributed by atoms with Crippen molar-refractivity contribution >= 4 is 16.7 Å². The van der Waals surface area contributed by atoms with Crippen molar-refractivity contribution in [3.8, 4) is 0 Å². The third-order valence-corrected chi connectivity index (χ3v) is 3.37. The van der Waals surface area contributed by atoms with Gasteiger partial charge in [0.15, 0.2) is 0 Å². The average Bonchev–Trinajstić information content (AvgIpc) is 2.82. The van der Waals surface area contributed by atoms with Gasteiger partial charge in [-0.2, -0.15) is 0 Å². The average molecular weight is 262 g/mol. The summed E-state index contributed by atoms with van der Waals surface area (Å²) < 4.78 is 2.04. The van der Waals surface area contributed by atoms with Gasteiger partial charge in [-0.3, -0.25) is 10.1 Å². The molecule has 0 bridgehead atoms. The van der Waals surface area contributed by atoms with Crippen LogP contribution in [0.5, 0.6) is 0 Å². The van der Waals surface area contributed by atoms with Crippen LogP contribution in [0.25, 0.3) is 11.0 Å². The molecule has 0 aliphatic heterocycles. The van der Waals surface area contributed by atoms with Crippen molar-refractivity contribution in [3.05, 3.63) is 34.6 Å². The van der Waals surface area contributed by atoms with Crippen LogP contribution in [-0.4, -0.2) is 39.0 Å². The normalized spacial score (nSPS) is 11.3. The molecule has 0 radical (unpaired) electrons. The molecule has 0 amide bonds. The summed E-state index contributed by atoms with van der Waals surface area (Å²) in [7, 11) is 0. The van der Waals surface area contributed by atoms with Crippen LogP contribution >= 0.6 is 0 Å². The Morgan fingerprint density at radius 1 is 1.37 bits per heavy atom. The number of hydrogen-bond donors (Lipinski definition) is 0. The zero-order chi connectivity index (χ0) is 13.8.